The van der Waals surface area contributed by atoms with E-state index in [0.29, 0.717) is 12.5 Å². The molecule has 1 aromatic rings. The number of morpholine rings is 1. The molecule has 20 heavy (non-hydrogen) atoms. The summed E-state index contributed by atoms with van der Waals surface area (Å²) in [7, 11) is 0. The average molecular weight is 410 g/mol. The van der Waals surface area contributed by atoms with Gasteiger partial charge < -0.3 is 15.4 Å². The molecule has 0 bridgehead atoms. The molecule has 114 valence electrons. The van der Waals surface area contributed by atoms with Gasteiger partial charge in [0.1, 0.15) is 0 Å². The van der Waals surface area contributed by atoms with Gasteiger partial charge in [0.2, 0.25) is 0 Å². The summed E-state index contributed by atoms with van der Waals surface area (Å²) in [6.07, 6.45) is 1.87. The summed E-state index contributed by atoms with van der Waals surface area (Å²) in [4.78, 5) is 12.5. The van der Waals surface area contributed by atoms with E-state index in [1.165, 1.54) is 10.6 Å². The fourth-order valence-electron chi connectivity index (χ4n) is 2.08. The number of aliphatic imine (C=N–C) groups is 1. The first-order valence-corrected chi connectivity index (χ1v) is 7.60. The van der Waals surface area contributed by atoms with Crippen LogP contribution in [0.5, 0.6) is 0 Å². The fourth-order valence-corrected chi connectivity index (χ4v) is 3.09. The van der Waals surface area contributed by atoms with Crippen molar-refractivity contribution in [3.63, 3.8) is 0 Å². The lowest BCUT2D eigenvalue weighted by molar-refractivity contribution is 0.0674. The molecule has 1 fully saturated rings. The summed E-state index contributed by atoms with van der Waals surface area (Å²) in [6.45, 7) is 8.13. The molecule has 1 aromatic heterocycles. The topological polar surface area (TPSA) is 63.7 Å². The molecule has 7 heteroatoms. The lowest BCUT2D eigenvalue weighted by Crippen LogP contribution is -2.44. The lowest BCUT2D eigenvalue weighted by Gasteiger charge is -2.27. The van der Waals surface area contributed by atoms with Gasteiger partial charge in [-0.25, -0.2) is 4.98 Å². The zero-order valence-corrected chi connectivity index (χ0v) is 15.2. The smallest absolute Gasteiger partial charge is 0.191 e. The highest BCUT2D eigenvalue weighted by Crippen LogP contribution is 2.18. The van der Waals surface area contributed by atoms with Crippen LogP contribution in [0, 0.1) is 6.92 Å². The number of aryl methyl sites for hydroxylation is 2. The molecular formula is C13H23IN4OS. The van der Waals surface area contributed by atoms with E-state index in [9.17, 15) is 0 Å². The molecule has 0 radical (unpaired) electrons. The summed E-state index contributed by atoms with van der Waals surface area (Å²) in [6, 6.07) is 0. The van der Waals surface area contributed by atoms with E-state index in [1.54, 1.807) is 11.3 Å². The molecule has 5 nitrogen and oxygen atoms in total. The molecule has 1 aliphatic rings. The van der Waals surface area contributed by atoms with Crippen molar-refractivity contribution in [1.82, 2.24) is 9.88 Å². The summed E-state index contributed by atoms with van der Waals surface area (Å²) < 4.78 is 5.29. The second-order valence-corrected chi connectivity index (χ2v) is 5.84. The van der Waals surface area contributed by atoms with Crippen molar-refractivity contribution >= 4 is 41.3 Å². The first-order valence-electron chi connectivity index (χ1n) is 6.78. The van der Waals surface area contributed by atoms with Gasteiger partial charge in [0, 0.05) is 30.9 Å². The van der Waals surface area contributed by atoms with Gasteiger partial charge in [0.05, 0.1) is 23.9 Å². The maximum atomic E-state index is 5.98. The predicted octanol–water partition coefficient (Wildman–Crippen LogP) is 1.82. The van der Waals surface area contributed by atoms with Crippen LogP contribution < -0.4 is 5.73 Å². The fraction of sp³-hybridized carbons (Fsp3) is 0.692. The van der Waals surface area contributed by atoms with Crippen LogP contribution in [0.15, 0.2) is 4.99 Å². The average Bonchev–Trinajstić information content (AvgIpc) is 2.80. The van der Waals surface area contributed by atoms with Crippen LogP contribution in [0.1, 0.15) is 22.5 Å². The third-order valence-electron chi connectivity index (χ3n) is 3.21. The van der Waals surface area contributed by atoms with E-state index in [1.807, 2.05) is 0 Å². The molecule has 1 saturated heterocycles. The van der Waals surface area contributed by atoms with Crippen molar-refractivity contribution in [2.75, 3.05) is 32.8 Å². The van der Waals surface area contributed by atoms with Gasteiger partial charge in [-0.2, -0.15) is 0 Å². The van der Waals surface area contributed by atoms with Gasteiger partial charge in [-0.1, -0.05) is 6.92 Å². The molecule has 0 amide bonds. The minimum absolute atomic E-state index is 0. The Morgan fingerprint density at radius 3 is 2.75 bits per heavy atom. The molecule has 0 atom stereocenters. The first kappa shape index (κ1) is 17.6. The quantitative estimate of drug-likeness (QED) is 0.467. The summed E-state index contributed by atoms with van der Waals surface area (Å²) in [5, 5.41) is 1.16. The largest absolute Gasteiger partial charge is 0.378 e. The Bertz CT molecular complexity index is 444. The molecule has 2 heterocycles. The number of hydrogen-bond acceptors (Lipinski definition) is 4. The van der Waals surface area contributed by atoms with Gasteiger partial charge in [0.25, 0.3) is 0 Å². The second kappa shape index (κ2) is 8.78. The molecule has 0 saturated carbocycles. The number of ether oxygens (including phenoxy) is 1. The van der Waals surface area contributed by atoms with E-state index in [-0.39, 0.29) is 24.0 Å². The highest BCUT2D eigenvalue weighted by molar-refractivity contribution is 14.0. The van der Waals surface area contributed by atoms with Gasteiger partial charge >= 0.3 is 0 Å². The van der Waals surface area contributed by atoms with Crippen LogP contribution in [0.4, 0.5) is 0 Å². The lowest BCUT2D eigenvalue weighted by atomic mass is 10.3. The van der Waals surface area contributed by atoms with Gasteiger partial charge in [-0.3, -0.25) is 4.99 Å². The highest BCUT2D eigenvalue weighted by atomic mass is 127. The van der Waals surface area contributed by atoms with Crippen LogP contribution in [-0.2, 0) is 17.6 Å². The molecule has 2 N–H and O–H groups in total. The number of guanidine groups is 1. The maximum Gasteiger partial charge on any atom is 0.191 e. The van der Waals surface area contributed by atoms with Gasteiger partial charge in [-0.15, -0.1) is 35.3 Å². The number of halogens is 1. The third kappa shape index (κ3) is 4.85. The van der Waals surface area contributed by atoms with Gasteiger partial charge in [-0.05, 0) is 13.3 Å². The Hall–Kier alpha value is -0.410. The van der Waals surface area contributed by atoms with Crippen molar-refractivity contribution in [2.24, 2.45) is 10.7 Å². The Labute approximate surface area is 141 Å². The Morgan fingerprint density at radius 1 is 1.45 bits per heavy atom. The monoisotopic (exact) mass is 410 g/mol. The summed E-state index contributed by atoms with van der Waals surface area (Å²) >= 11 is 1.77. The zero-order chi connectivity index (χ0) is 13.7. The minimum Gasteiger partial charge on any atom is -0.378 e. The standard InChI is InChI=1S/C13H22N4OS.HI/c1-3-11-10(2)19-12(16-11)4-5-15-13(14)17-6-8-18-9-7-17;/h3-9H2,1-2H3,(H2,14,15);1H. The Morgan fingerprint density at radius 2 is 2.15 bits per heavy atom. The van der Waals surface area contributed by atoms with Crippen LogP contribution in [0.25, 0.3) is 0 Å². The number of hydrogen-bond donors (Lipinski definition) is 1. The number of nitrogens with zero attached hydrogens (tertiary/aromatic N) is 3. The maximum absolute atomic E-state index is 5.98. The van der Waals surface area contributed by atoms with Crippen LogP contribution in [0.3, 0.4) is 0 Å². The third-order valence-corrected chi connectivity index (χ3v) is 4.28. The van der Waals surface area contributed by atoms with E-state index in [0.717, 1.165) is 44.2 Å². The Kier molecular flexibility index (Phi) is 7.75. The predicted molar refractivity (Wildman–Crippen MR) is 94.2 cm³/mol. The second-order valence-electron chi connectivity index (χ2n) is 4.55. The molecule has 0 aromatic carbocycles. The molecule has 2 rings (SSSR count). The van der Waals surface area contributed by atoms with Crippen LogP contribution in [0.2, 0.25) is 0 Å². The number of rotatable bonds is 4. The van der Waals surface area contributed by atoms with E-state index in [4.69, 9.17) is 10.5 Å². The normalized spacial score (nSPS) is 16.1. The zero-order valence-electron chi connectivity index (χ0n) is 12.1. The van der Waals surface area contributed by atoms with Gasteiger partial charge in [0.15, 0.2) is 5.96 Å². The van der Waals surface area contributed by atoms with Crippen LogP contribution >= 0.6 is 35.3 Å². The SMILES string of the molecule is CCc1nc(CCN=C(N)N2CCOCC2)sc1C.I. The molecule has 0 spiro atoms. The minimum atomic E-state index is 0. The van der Waals surface area contributed by atoms with Crippen LogP contribution in [-0.4, -0.2) is 48.7 Å². The number of nitrogens with two attached hydrogens (primary N) is 1. The van der Waals surface area contributed by atoms with E-state index >= 15 is 0 Å². The summed E-state index contributed by atoms with van der Waals surface area (Å²) in [5.74, 6) is 0.632. The van der Waals surface area contributed by atoms with E-state index < -0.39 is 0 Å². The molecule has 1 aliphatic heterocycles. The van der Waals surface area contributed by atoms with Crippen molar-refractivity contribution in [3.05, 3.63) is 15.6 Å². The molecular weight excluding hydrogens is 387 g/mol. The Balaban J connectivity index is 0.00000200. The van der Waals surface area contributed by atoms with E-state index in [2.05, 4.69) is 28.7 Å². The number of aromatic nitrogens is 1. The first-order chi connectivity index (χ1) is 9.20. The number of thiazole rings is 1. The van der Waals surface area contributed by atoms with Crippen molar-refractivity contribution in [3.8, 4) is 0 Å². The highest BCUT2D eigenvalue weighted by Gasteiger charge is 2.12. The molecule has 0 unspecified atom stereocenters. The van der Waals surface area contributed by atoms with Crippen molar-refractivity contribution in [1.29, 1.82) is 0 Å². The molecule has 0 aliphatic carbocycles. The summed E-state index contributed by atoms with van der Waals surface area (Å²) in [5.41, 5.74) is 7.19. The van der Waals surface area contributed by atoms with Crippen molar-refractivity contribution < 1.29 is 4.74 Å². The van der Waals surface area contributed by atoms with Crippen molar-refractivity contribution in [2.45, 2.75) is 26.7 Å².